The highest BCUT2D eigenvalue weighted by atomic mass is 32.2. The van der Waals surface area contributed by atoms with Gasteiger partial charge in [-0.3, -0.25) is 14.5 Å². The van der Waals surface area contributed by atoms with Gasteiger partial charge in [0.15, 0.2) is 11.5 Å². The highest BCUT2D eigenvalue weighted by molar-refractivity contribution is 8.04. The summed E-state index contributed by atoms with van der Waals surface area (Å²) in [4.78, 5) is 28.1. The van der Waals surface area contributed by atoms with Crippen LogP contribution in [0.4, 0.5) is 0 Å². The first-order valence-electron chi connectivity index (χ1n) is 8.99. The van der Waals surface area contributed by atoms with Crippen LogP contribution in [0.15, 0.2) is 53.4 Å². The van der Waals surface area contributed by atoms with Crippen molar-refractivity contribution in [1.82, 2.24) is 4.90 Å². The molecule has 0 aliphatic carbocycles. The summed E-state index contributed by atoms with van der Waals surface area (Å²) >= 11 is 1.43. The summed E-state index contributed by atoms with van der Waals surface area (Å²) in [5.41, 5.74) is 2.03. The van der Waals surface area contributed by atoms with E-state index in [0.29, 0.717) is 22.0 Å². The number of carbonyl (C=O) groups is 2. The van der Waals surface area contributed by atoms with E-state index in [-0.39, 0.29) is 23.6 Å². The SMILES string of the molecule is COc1ccc(CN2C(=O)C(SC(C)C)=C(c3ccccc3)C2=O)cc1OC. The Bertz CT molecular complexity index is 921. The third-order valence-electron chi connectivity index (χ3n) is 4.33. The Hall–Kier alpha value is -2.73. The third-order valence-corrected chi connectivity index (χ3v) is 5.42. The quantitative estimate of drug-likeness (QED) is 0.658. The number of amides is 2. The van der Waals surface area contributed by atoms with Crippen molar-refractivity contribution in [2.24, 2.45) is 0 Å². The molecule has 2 aromatic carbocycles. The number of thioether (sulfide) groups is 1. The van der Waals surface area contributed by atoms with Gasteiger partial charge in [0, 0.05) is 5.25 Å². The van der Waals surface area contributed by atoms with E-state index in [1.54, 1.807) is 26.4 Å². The minimum atomic E-state index is -0.269. The molecule has 3 rings (SSSR count). The monoisotopic (exact) mass is 397 g/mol. The lowest BCUT2D eigenvalue weighted by Gasteiger charge is -2.17. The number of rotatable bonds is 7. The van der Waals surface area contributed by atoms with Crippen molar-refractivity contribution >= 4 is 29.1 Å². The molecule has 6 heteroatoms. The molecule has 28 heavy (non-hydrogen) atoms. The van der Waals surface area contributed by atoms with Gasteiger partial charge in [-0.05, 0) is 23.3 Å². The summed E-state index contributed by atoms with van der Waals surface area (Å²) in [6.07, 6.45) is 0. The zero-order valence-corrected chi connectivity index (χ0v) is 17.2. The average Bonchev–Trinajstić information content (AvgIpc) is 2.92. The van der Waals surface area contributed by atoms with E-state index in [2.05, 4.69) is 0 Å². The molecule has 0 unspecified atom stereocenters. The van der Waals surface area contributed by atoms with Crippen molar-refractivity contribution < 1.29 is 19.1 Å². The molecule has 0 fully saturated rings. The second-order valence-electron chi connectivity index (χ2n) is 6.62. The molecule has 146 valence electrons. The molecule has 0 radical (unpaired) electrons. The van der Waals surface area contributed by atoms with Crippen LogP contribution in [0.5, 0.6) is 11.5 Å². The van der Waals surface area contributed by atoms with Crippen molar-refractivity contribution in [3.05, 3.63) is 64.6 Å². The number of carbonyl (C=O) groups excluding carboxylic acids is 2. The van der Waals surface area contributed by atoms with Crippen LogP contribution in [0.2, 0.25) is 0 Å². The molecule has 1 aliphatic heterocycles. The lowest BCUT2D eigenvalue weighted by molar-refractivity contribution is -0.137. The number of nitrogens with zero attached hydrogens (tertiary/aromatic N) is 1. The van der Waals surface area contributed by atoms with Gasteiger partial charge in [0.2, 0.25) is 0 Å². The summed E-state index contributed by atoms with van der Waals surface area (Å²) in [6, 6.07) is 14.7. The van der Waals surface area contributed by atoms with Crippen LogP contribution in [-0.4, -0.2) is 36.2 Å². The molecule has 0 spiro atoms. The fourth-order valence-electron chi connectivity index (χ4n) is 3.06. The molecule has 0 atom stereocenters. The molecule has 0 N–H and O–H groups in total. The van der Waals surface area contributed by atoms with E-state index in [1.165, 1.54) is 16.7 Å². The van der Waals surface area contributed by atoms with Crippen LogP contribution >= 0.6 is 11.8 Å². The van der Waals surface area contributed by atoms with Gasteiger partial charge in [0.25, 0.3) is 11.8 Å². The van der Waals surface area contributed by atoms with E-state index in [9.17, 15) is 9.59 Å². The van der Waals surface area contributed by atoms with Gasteiger partial charge < -0.3 is 9.47 Å². The van der Waals surface area contributed by atoms with Crippen molar-refractivity contribution in [1.29, 1.82) is 0 Å². The predicted octanol–water partition coefficient (Wildman–Crippen LogP) is 4.13. The lowest BCUT2D eigenvalue weighted by atomic mass is 10.1. The molecule has 0 aromatic heterocycles. The Kier molecular flexibility index (Phi) is 6.09. The number of imide groups is 1. The van der Waals surface area contributed by atoms with Gasteiger partial charge in [-0.2, -0.15) is 0 Å². The number of ether oxygens (including phenoxy) is 2. The molecule has 0 bridgehead atoms. The first-order chi connectivity index (χ1) is 13.5. The van der Waals surface area contributed by atoms with Crippen LogP contribution in [0.3, 0.4) is 0 Å². The molecular weight excluding hydrogens is 374 g/mol. The maximum Gasteiger partial charge on any atom is 0.268 e. The van der Waals surface area contributed by atoms with Crippen LogP contribution in [0, 0.1) is 0 Å². The van der Waals surface area contributed by atoms with Crippen LogP contribution < -0.4 is 9.47 Å². The van der Waals surface area contributed by atoms with E-state index in [4.69, 9.17) is 9.47 Å². The van der Waals surface area contributed by atoms with E-state index < -0.39 is 0 Å². The number of hydrogen-bond donors (Lipinski definition) is 0. The topological polar surface area (TPSA) is 55.8 Å². The largest absolute Gasteiger partial charge is 0.493 e. The summed E-state index contributed by atoms with van der Waals surface area (Å²) in [6.45, 7) is 4.20. The van der Waals surface area contributed by atoms with Crippen LogP contribution in [0.25, 0.3) is 5.57 Å². The molecule has 1 heterocycles. The summed E-state index contributed by atoms with van der Waals surface area (Å²) in [7, 11) is 3.12. The molecule has 0 saturated heterocycles. The Morgan fingerprint density at radius 2 is 1.61 bits per heavy atom. The van der Waals surface area contributed by atoms with Crippen LogP contribution in [0.1, 0.15) is 25.0 Å². The normalized spacial score (nSPS) is 14.2. The smallest absolute Gasteiger partial charge is 0.268 e. The fourth-order valence-corrected chi connectivity index (χ4v) is 4.07. The van der Waals surface area contributed by atoms with E-state index in [1.807, 2.05) is 50.2 Å². The van der Waals surface area contributed by atoms with Gasteiger partial charge in [-0.25, -0.2) is 0 Å². The van der Waals surface area contributed by atoms with Crippen molar-refractivity contribution in [3.63, 3.8) is 0 Å². The van der Waals surface area contributed by atoms with Gasteiger partial charge in [0.05, 0.1) is 31.2 Å². The maximum atomic E-state index is 13.2. The molecule has 0 saturated carbocycles. The Balaban J connectivity index is 1.95. The van der Waals surface area contributed by atoms with Gasteiger partial charge in [-0.15, -0.1) is 11.8 Å². The maximum absolute atomic E-state index is 13.2. The van der Waals surface area contributed by atoms with Gasteiger partial charge in [0.1, 0.15) is 0 Å². The molecule has 1 aliphatic rings. The highest BCUT2D eigenvalue weighted by Crippen LogP contribution is 2.39. The standard InChI is InChI=1S/C22H23NO4S/c1-14(2)28-20-19(16-8-6-5-7-9-16)21(24)23(22(20)25)13-15-10-11-17(26-3)18(12-15)27-4/h5-12,14H,13H2,1-4H3. The Labute approximate surface area is 169 Å². The average molecular weight is 397 g/mol. The minimum Gasteiger partial charge on any atom is -0.493 e. The molecule has 5 nitrogen and oxygen atoms in total. The zero-order valence-electron chi connectivity index (χ0n) is 16.4. The number of benzene rings is 2. The van der Waals surface area contributed by atoms with Gasteiger partial charge in [-0.1, -0.05) is 50.2 Å². The number of methoxy groups -OCH3 is 2. The highest BCUT2D eigenvalue weighted by Gasteiger charge is 2.39. The first kappa shape index (κ1) is 20.0. The minimum absolute atomic E-state index is 0.177. The molecule has 2 amide bonds. The summed E-state index contributed by atoms with van der Waals surface area (Å²) in [5.74, 6) is 0.642. The van der Waals surface area contributed by atoms with Crippen LogP contribution in [-0.2, 0) is 16.1 Å². The fraction of sp³-hybridized carbons (Fsp3) is 0.273. The molecule has 2 aromatic rings. The lowest BCUT2D eigenvalue weighted by Crippen LogP contribution is -2.31. The molecular formula is C22H23NO4S. The van der Waals surface area contributed by atoms with Gasteiger partial charge >= 0.3 is 0 Å². The van der Waals surface area contributed by atoms with Crippen molar-refractivity contribution in [2.75, 3.05) is 14.2 Å². The third kappa shape index (κ3) is 3.92. The summed E-state index contributed by atoms with van der Waals surface area (Å²) in [5, 5.41) is 0.187. The second kappa shape index (κ2) is 8.52. The zero-order chi connectivity index (χ0) is 20.3. The van der Waals surface area contributed by atoms with E-state index >= 15 is 0 Å². The van der Waals surface area contributed by atoms with Crippen molar-refractivity contribution in [3.8, 4) is 11.5 Å². The Morgan fingerprint density at radius 3 is 2.21 bits per heavy atom. The van der Waals surface area contributed by atoms with Crippen molar-refractivity contribution in [2.45, 2.75) is 25.6 Å². The summed E-state index contributed by atoms with van der Waals surface area (Å²) < 4.78 is 10.6. The Morgan fingerprint density at radius 1 is 0.929 bits per heavy atom. The van der Waals surface area contributed by atoms with E-state index in [0.717, 1.165) is 11.1 Å². The first-order valence-corrected chi connectivity index (χ1v) is 9.87. The second-order valence-corrected chi connectivity index (χ2v) is 8.21. The predicted molar refractivity (Wildman–Crippen MR) is 111 cm³/mol. The number of hydrogen-bond acceptors (Lipinski definition) is 5.